The van der Waals surface area contributed by atoms with Crippen LogP contribution in [0.2, 0.25) is 0 Å². The molecule has 0 atom stereocenters. The Labute approximate surface area is 121 Å². The Morgan fingerprint density at radius 2 is 1.85 bits per heavy atom. The molecule has 1 aliphatic heterocycles. The first-order valence-corrected chi connectivity index (χ1v) is 7.05. The normalized spacial score (nSPS) is 18.4. The highest BCUT2D eigenvalue weighted by Crippen LogP contribution is 2.31. The van der Waals surface area contributed by atoms with Gasteiger partial charge in [0, 0.05) is 32.3 Å². The summed E-state index contributed by atoms with van der Waals surface area (Å²) in [5, 5.41) is 2.85. The summed E-state index contributed by atoms with van der Waals surface area (Å²) in [4.78, 5) is 25.9. The highest BCUT2D eigenvalue weighted by molar-refractivity contribution is 5.88. The molecular formula is C14H27N3O3. The Bertz CT molecular complexity index is 357. The van der Waals surface area contributed by atoms with Crippen molar-refractivity contribution in [3.63, 3.8) is 0 Å². The number of carbonyl (C=O) groups excluding carboxylic acids is 2. The molecule has 116 valence electrons. The Morgan fingerprint density at radius 3 is 2.30 bits per heavy atom. The van der Waals surface area contributed by atoms with E-state index in [1.165, 1.54) is 4.90 Å². The smallest absolute Gasteiger partial charge is 0.240 e. The largest absolute Gasteiger partial charge is 0.381 e. The number of nitrogens with zero attached hydrogens (tertiary/aromatic N) is 1. The van der Waals surface area contributed by atoms with Crippen LogP contribution in [-0.4, -0.2) is 55.6 Å². The monoisotopic (exact) mass is 285 g/mol. The van der Waals surface area contributed by atoms with Crippen LogP contribution in [0.25, 0.3) is 0 Å². The molecule has 1 rings (SSSR count). The quantitative estimate of drug-likeness (QED) is 0.768. The van der Waals surface area contributed by atoms with Crippen LogP contribution in [0, 0.1) is 5.41 Å². The van der Waals surface area contributed by atoms with Crippen molar-refractivity contribution >= 4 is 11.8 Å². The van der Waals surface area contributed by atoms with E-state index >= 15 is 0 Å². The molecule has 0 radical (unpaired) electrons. The molecule has 0 saturated carbocycles. The Hall–Kier alpha value is -1.14. The molecule has 0 spiro atoms. The molecule has 6 heteroatoms. The van der Waals surface area contributed by atoms with Crippen molar-refractivity contribution in [2.45, 2.75) is 39.2 Å². The third-order valence-corrected chi connectivity index (χ3v) is 3.54. The number of likely N-dealkylation sites (N-methyl/N-ethyl adjacent to an activating group) is 1. The van der Waals surface area contributed by atoms with Gasteiger partial charge >= 0.3 is 0 Å². The first-order chi connectivity index (χ1) is 9.20. The lowest BCUT2D eigenvalue weighted by Crippen LogP contribution is -2.53. The molecule has 3 N–H and O–H groups in total. The average molecular weight is 285 g/mol. The van der Waals surface area contributed by atoms with Gasteiger partial charge in [0.25, 0.3) is 0 Å². The number of hydrogen-bond acceptors (Lipinski definition) is 4. The molecule has 1 fully saturated rings. The number of rotatable bonds is 4. The first-order valence-electron chi connectivity index (χ1n) is 7.05. The van der Waals surface area contributed by atoms with Crippen LogP contribution < -0.4 is 11.1 Å². The molecule has 0 bridgehead atoms. The molecule has 0 aromatic heterocycles. The van der Waals surface area contributed by atoms with Crippen LogP contribution in [-0.2, 0) is 14.3 Å². The zero-order valence-corrected chi connectivity index (χ0v) is 13.0. The number of carbonyl (C=O) groups is 2. The van der Waals surface area contributed by atoms with Crippen LogP contribution in [0.3, 0.4) is 0 Å². The minimum atomic E-state index is -0.574. The topological polar surface area (TPSA) is 84.7 Å². The maximum Gasteiger partial charge on any atom is 0.240 e. The van der Waals surface area contributed by atoms with Crippen molar-refractivity contribution < 1.29 is 14.3 Å². The number of ether oxygens (including phenoxy) is 1. The molecular weight excluding hydrogens is 258 g/mol. The van der Waals surface area contributed by atoms with E-state index in [9.17, 15) is 9.59 Å². The molecule has 0 aromatic carbocycles. The van der Waals surface area contributed by atoms with E-state index in [0.717, 1.165) is 0 Å². The molecule has 1 aliphatic rings. The van der Waals surface area contributed by atoms with Gasteiger partial charge in [-0.15, -0.1) is 0 Å². The summed E-state index contributed by atoms with van der Waals surface area (Å²) < 4.78 is 5.30. The Balaban J connectivity index is 2.63. The van der Waals surface area contributed by atoms with Crippen molar-refractivity contribution in [2.75, 3.05) is 33.4 Å². The van der Waals surface area contributed by atoms with E-state index < -0.39 is 5.41 Å². The summed E-state index contributed by atoms with van der Waals surface area (Å²) in [6, 6.07) is 0. The lowest BCUT2D eigenvalue weighted by Gasteiger charge is -2.37. The van der Waals surface area contributed by atoms with E-state index in [2.05, 4.69) is 5.32 Å². The zero-order valence-electron chi connectivity index (χ0n) is 13.0. The minimum Gasteiger partial charge on any atom is -0.381 e. The predicted molar refractivity (Wildman–Crippen MR) is 77.1 cm³/mol. The Morgan fingerprint density at radius 1 is 1.30 bits per heavy atom. The van der Waals surface area contributed by atoms with Gasteiger partial charge in [-0.2, -0.15) is 0 Å². The third kappa shape index (κ3) is 4.45. The predicted octanol–water partition coefficient (Wildman–Crippen LogP) is 0.115. The second-order valence-electron chi connectivity index (χ2n) is 6.56. The van der Waals surface area contributed by atoms with Crippen molar-refractivity contribution in [3.8, 4) is 0 Å². The molecule has 0 unspecified atom stereocenters. The van der Waals surface area contributed by atoms with E-state index in [1.807, 2.05) is 20.8 Å². The second-order valence-corrected chi connectivity index (χ2v) is 6.56. The summed E-state index contributed by atoms with van der Waals surface area (Å²) in [5.41, 5.74) is 4.93. The van der Waals surface area contributed by atoms with Gasteiger partial charge in [0.2, 0.25) is 11.8 Å². The Kier molecular flexibility index (Phi) is 5.53. The molecule has 20 heavy (non-hydrogen) atoms. The van der Waals surface area contributed by atoms with Gasteiger partial charge in [-0.3, -0.25) is 9.59 Å². The number of hydrogen-bond donors (Lipinski definition) is 2. The van der Waals surface area contributed by atoms with E-state index in [4.69, 9.17) is 10.5 Å². The third-order valence-electron chi connectivity index (χ3n) is 3.54. The highest BCUT2D eigenvalue weighted by Gasteiger charge is 2.40. The number of nitrogens with two attached hydrogens (primary N) is 1. The van der Waals surface area contributed by atoms with Gasteiger partial charge in [0.05, 0.1) is 12.0 Å². The van der Waals surface area contributed by atoms with Crippen molar-refractivity contribution in [1.29, 1.82) is 0 Å². The summed E-state index contributed by atoms with van der Waals surface area (Å²) in [7, 11) is 1.65. The SMILES string of the molecule is CN(CC(=O)NC(C)(C)C)C(=O)C1(CN)CCOCC1. The summed E-state index contributed by atoms with van der Waals surface area (Å²) in [6.45, 7) is 7.17. The van der Waals surface area contributed by atoms with Gasteiger partial charge in [-0.05, 0) is 33.6 Å². The van der Waals surface area contributed by atoms with Crippen LogP contribution in [0.1, 0.15) is 33.6 Å². The molecule has 1 saturated heterocycles. The maximum atomic E-state index is 12.6. The summed E-state index contributed by atoms with van der Waals surface area (Å²) in [5.74, 6) is -0.222. The summed E-state index contributed by atoms with van der Waals surface area (Å²) >= 11 is 0. The van der Waals surface area contributed by atoms with Crippen LogP contribution in [0.15, 0.2) is 0 Å². The van der Waals surface area contributed by atoms with Gasteiger partial charge < -0.3 is 20.7 Å². The van der Waals surface area contributed by atoms with Crippen LogP contribution >= 0.6 is 0 Å². The van der Waals surface area contributed by atoms with Crippen LogP contribution in [0.5, 0.6) is 0 Å². The van der Waals surface area contributed by atoms with Gasteiger partial charge in [-0.25, -0.2) is 0 Å². The zero-order chi connectivity index (χ0) is 15.4. The number of amides is 2. The van der Waals surface area contributed by atoms with E-state index in [-0.39, 0.29) is 23.9 Å². The lowest BCUT2D eigenvalue weighted by molar-refractivity contribution is -0.148. The first kappa shape index (κ1) is 16.9. The molecule has 1 heterocycles. The molecule has 0 aromatic rings. The molecule has 0 aliphatic carbocycles. The van der Waals surface area contributed by atoms with Gasteiger partial charge in [0.15, 0.2) is 0 Å². The maximum absolute atomic E-state index is 12.6. The fourth-order valence-electron chi connectivity index (χ4n) is 2.42. The van der Waals surface area contributed by atoms with Crippen molar-refractivity contribution in [1.82, 2.24) is 10.2 Å². The van der Waals surface area contributed by atoms with Gasteiger partial charge in [-0.1, -0.05) is 0 Å². The standard InChI is InChI=1S/C14H27N3O3/c1-13(2,3)16-11(18)9-17(4)12(19)14(10-15)5-7-20-8-6-14/h5-10,15H2,1-4H3,(H,16,18). The van der Waals surface area contributed by atoms with Crippen molar-refractivity contribution in [2.24, 2.45) is 11.1 Å². The average Bonchev–Trinajstić information content (AvgIpc) is 2.36. The lowest BCUT2D eigenvalue weighted by atomic mass is 9.79. The minimum absolute atomic E-state index is 0.0543. The second kappa shape index (κ2) is 6.54. The van der Waals surface area contributed by atoms with Crippen LogP contribution in [0.4, 0.5) is 0 Å². The van der Waals surface area contributed by atoms with Crippen molar-refractivity contribution in [3.05, 3.63) is 0 Å². The molecule has 6 nitrogen and oxygen atoms in total. The number of nitrogens with one attached hydrogen (secondary N) is 1. The summed E-state index contributed by atoms with van der Waals surface area (Å²) in [6.07, 6.45) is 1.24. The van der Waals surface area contributed by atoms with Gasteiger partial charge in [0.1, 0.15) is 0 Å². The molecule has 2 amide bonds. The highest BCUT2D eigenvalue weighted by atomic mass is 16.5. The fraction of sp³-hybridized carbons (Fsp3) is 0.857. The van der Waals surface area contributed by atoms with E-state index in [0.29, 0.717) is 32.6 Å². The van der Waals surface area contributed by atoms with E-state index in [1.54, 1.807) is 7.05 Å². The fourth-order valence-corrected chi connectivity index (χ4v) is 2.42.